The first kappa shape index (κ1) is 20.0. The Morgan fingerprint density at radius 3 is 2.40 bits per heavy atom. The van der Waals surface area contributed by atoms with Crippen LogP contribution in [0, 0.1) is 0 Å². The fraction of sp³-hybridized carbons (Fsp3) is 0.115. The predicted molar refractivity (Wildman–Crippen MR) is 124 cm³/mol. The Balaban J connectivity index is 1.53. The minimum Gasteiger partial charge on any atom is -0.480 e. The molecule has 0 aromatic heterocycles. The van der Waals surface area contributed by atoms with Crippen LogP contribution < -0.4 is 10.1 Å². The number of fused-ring (bicyclic) bond motifs is 1. The molecule has 0 saturated heterocycles. The van der Waals surface area contributed by atoms with Gasteiger partial charge in [-0.2, -0.15) is 0 Å². The summed E-state index contributed by atoms with van der Waals surface area (Å²) >= 11 is 1.63. The quantitative estimate of drug-likeness (QED) is 0.363. The molecule has 0 saturated carbocycles. The van der Waals surface area contributed by atoms with Crippen molar-refractivity contribution < 1.29 is 9.53 Å². The van der Waals surface area contributed by atoms with E-state index in [1.54, 1.807) is 11.8 Å². The van der Waals surface area contributed by atoms with Crippen LogP contribution in [0.4, 0.5) is 5.69 Å². The molecule has 0 bridgehead atoms. The van der Waals surface area contributed by atoms with E-state index in [9.17, 15) is 4.79 Å². The summed E-state index contributed by atoms with van der Waals surface area (Å²) in [7, 11) is 0. The summed E-state index contributed by atoms with van der Waals surface area (Å²) in [6, 6.07) is 31.9. The van der Waals surface area contributed by atoms with Gasteiger partial charge in [0.1, 0.15) is 5.75 Å². The van der Waals surface area contributed by atoms with E-state index < -0.39 is 6.10 Å². The average Bonchev–Trinajstić information content (AvgIpc) is 2.79. The van der Waals surface area contributed by atoms with Gasteiger partial charge in [-0.3, -0.25) is 4.79 Å². The fourth-order valence-electron chi connectivity index (χ4n) is 3.26. The first-order valence-electron chi connectivity index (χ1n) is 10.0. The van der Waals surface area contributed by atoms with Crippen LogP contribution >= 0.6 is 11.8 Å². The Bertz CT molecular complexity index is 1140. The normalized spacial score (nSPS) is 11.8. The molecule has 4 rings (SSSR count). The minimum atomic E-state index is -0.578. The highest BCUT2D eigenvalue weighted by Crippen LogP contribution is 2.33. The van der Waals surface area contributed by atoms with Crippen molar-refractivity contribution in [1.29, 1.82) is 0 Å². The summed E-state index contributed by atoms with van der Waals surface area (Å²) in [5, 5.41) is 5.16. The van der Waals surface area contributed by atoms with Crippen molar-refractivity contribution in [3.63, 3.8) is 0 Å². The number of hydrogen-bond acceptors (Lipinski definition) is 3. The maximum atomic E-state index is 13.0. The van der Waals surface area contributed by atoms with Crippen molar-refractivity contribution in [2.75, 3.05) is 5.32 Å². The highest BCUT2D eigenvalue weighted by Gasteiger charge is 2.20. The average molecular weight is 414 g/mol. The molecule has 3 nitrogen and oxygen atoms in total. The molecule has 0 aliphatic carbocycles. The van der Waals surface area contributed by atoms with Gasteiger partial charge in [-0.25, -0.2) is 0 Å². The SMILES string of the molecule is CC[C@H](Oc1cccc2ccccc12)C(=O)Nc1ccccc1Sc1ccccc1. The van der Waals surface area contributed by atoms with Crippen LogP contribution in [0.3, 0.4) is 0 Å². The third-order valence-corrected chi connectivity index (χ3v) is 5.88. The van der Waals surface area contributed by atoms with E-state index in [4.69, 9.17) is 4.74 Å². The Hall–Kier alpha value is -3.24. The topological polar surface area (TPSA) is 38.3 Å². The molecule has 0 aliphatic heterocycles. The number of nitrogens with one attached hydrogen (secondary N) is 1. The lowest BCUT2D eigenvalue weighted by Crippen LogP contribution is -2.32. The van der Waals surface area contributed by atoms with E-state index in [0.29, 0.717) is 6.42 Å². The third kappa shape index (κ3) is 4.66. The van der Waals surface area contributed by atoms with Gasteiger partial charge >= 0.3 is 0 Å². The van der Waals surface area contributed by atoms with Crippen LogP contribution in [-0.4, -0.2) is 12.0 Å². The zero-order chi connectivity index (χ0) is 20.8. The number of benzene rings is 4. The lowest BCUT2D eigenvalue weighted by molar-refractivity contribution is -0.122. The highest BCUT2D eigenvalue weighted by molar-refractivity contribution is 7.99. The van der Waals surface area contributed by atoms with Gasteiger partial charge in [-0.05, 0) is 42.1 Å². The lowest BCUT2D eigenvalue weighted by Gasteiger charge is -2.19. The van der Waals surface area contributed by atoms with Gasteiger partial charge in [0.25, 0.3) is 5.91 Å². The van der Waals surface area contributed by atoms with Gasteiger partial charge in [0, 0.05) is 15.2 Å². The number of ether oxygens (including phenoxy) is 1. The fourth-order valence-corrected chi connectivity index (χ4v) is 4.18. The van der Waals surface area contributed by atoms with Gasteiger partial charge in [0.2, 0.25) is 0 Å². The summed E-state index contributed by atoms with van der Waals surface area (Å²) in [5.74, 6) is 0.577. The van der Waals surface area contributed by atoms with Crippen molar-refractivity contribution in [3.05, 3.63) is 97.1 Å². The Morgan fingerprint density at radius 2 is 1.57 bits per heavy atom. The third-order valence-electron chi connectivity index (χ3n) is 4.80. The van der Waals surface area contributed by atoms with E-state index >= 15 is 0 Å². The summed E-state index contributed by atoms with van der Waals surface area (Å²) < 4.78 is 6.15. The van der Waals surface area contributed by atoms with Gasteiger partial charge in [0.05, 0.1) is 5.69 Å². The molecule has 1 atom stereocenters. The van der Waals surface area contributed by atoms with Gasteiger partial charge in [-0.15, -0.1) is 0 Å². The van der Waals surface area contributed by atoms with E-state index in [1.165, 1.54) is 0 Å². The van der Waals surface area contributed by atoms with Gasteiger partial charge in [-0.1, -0.05) is 85.4 Å². The van der Waals surface area contributed by atoms with Crippen LogP contribution in [0.2, 0.25) is 0 Å². The number of anilines is 1. The minimum absolute atomic E-state index is 0.147. The molecule has 0 heterocycles. The molecule has 0 fully saturated rings. The predicted octanol–water partition coefficient (Wildman–Crippen LogP) is 6.79. The van der Waals surface area contributed by atoms with Crippen LogP contribution in [0.25, 0.3) is 10.8 Å². The number of amides is 1. The first-order chi connectivity index (χ1) is 14.7. The first-order valence-corrected chi connectivity index (χ1v) is 10.8. The summed E-state index contributed by atoms with van der Waals surface area (Å²) in [4.78, 5) is 15.2. The van der Waals surface area contributed by atoms with Crippen LogP contribution in [-0.2, 0) is 4.79 Å². The maximum Gasteiger partial charge on any atom is 0.265 e. The molecule has 4 heteroatoms. The smallest absolute Gasteiger partial charge is 0.265 e. The van der Waals surface area contributed by atoms with E-state index in [-0.39, 0.29) is 5.91 Å². The van der Waals surface area contributed by atoms with Crippen LogP contribution in [0.1, 0.15) is 13.3 Å². The molecule has 0 spiro atoms. The monoisotopic (exact) mass is 413 g/mol. The number of para-hydroxylation sites is 1. The molecule has 30 heavy (non-hydrogen) atoms. The van der Waals surface area contributed by atoms with E-state index in [0.717, 1.165) is 32.0 Å². The molecule has 150 valence electrons. The summed E-state index contributed by atoms with van der Waals surface area (Å²) in [5.41, 5.74) is 0.788. The van der Waals surface area contributed by atoms with E-state index in [2.05, 4.69) is 17.4 Å². The van der Waals surface area contributed by atoms with E-state index in [1.807, 2.05) is 91.9 Å². The zero-order valence-corrected chi connectivity index (χ0v) is 17.6. The molecule has 4 aromatic rings. The molecule has 1 N–H and O–H groups in total. The summed E-state index contributed by atoms with van der Waals surface area (Å²) in [6.45, 7) is 1.96. The second kappa shape index (κ2) is 9.51. The van der Waals surface area contributed by atoms with Crippen molar-refractivity contribution in [2.45, 2.75) is 29.2 Å². The van der Waals surface area contributed by atoms with Gasteiger partial charge in [0.15, 0.2) is 6.10 Å². The van der Waals surface area contributed by atoms with Crippen molar-refractivity contribution in [2.24, 2.45) is 0 Å². The molecular formula is C26H23NO2S. The molecular weight excluding hydrogens is 390 g/mol. The summed E-state index contributed by atoms with van der Waals surface area (Å²) in [6.07, 6.45) is -0.00569. The zero-order valence-electron chi connectivity index (χ0n) is 16.7. The maximum absolute atomic E-state index is 13.0. The molecule has 0 unspecified atom stereocenters. The Kier molecular flexibility index (Phi) is 6.35. The van der Waals surface area contributed by atoms with Crippen molar-refractivity contribution >= 4 is 34.1 Å². The molecule has 1 amide bonds. The van der Waals surface area contributed by atoms with Crippen molar-refractivity contribution in [1.82, 2.24) is 0 Å². The van der Waals surface area contributed by atoms with Crippen LogP contribution in [0.15, 0.2) is 107 Å². The standard InChI is InChI=1S/C26H23NO2S/c1-2-23(29-24-17-10-12-19-11-6-7-15-21(19)24)26(28)27-22-16-8-9-18-25(22)30-20-13-4-3-5-14-20/h3-18,23H,2H2,1H3,(H,27,28)/t23-/m0/s1. The molecule has 4 aromatic carbocycles. The number of carbonyl (C=O) groups excluding carboxylic acids is 1. The largest absolute Gasteiger partial charge is 0.480 e. The highest BCUT2D eigenvalue weighted by atomic mass is 32.2. The van der Waals surface area contributed by atoms with Gasteiger partial charge < -0.3 is 10.1 Å². The number of rotatable bonds is 7. The Morgan fingerprint density at radius 1 is 0.867 bits per heavy atom. The van der Waals surface area contributed by atoms with Crippen LogP contribution in [0.5, 0.6) is 5.75 Å². The van der Waals surface area contributed by atoms with Crippen molar-refractivity contribution in [3.8, 4) is 5.75 Å². The lowest BCUT2D eigenvalue weighted by atomic mass is 10.1. The second-order valence-electron chi connectivity index (χ2n) is 6.89. The Labute approximate surface area is 181 Å². The number of carbonyl (C=O) groups is 1. The second-order valence-corrected chi connectivity index (χ2v) is 8.01. The molecule has 0 aliphatic rings. The number of hydrogen-bond donors (Lipinski definition) is 1. The molecule has 0 radical (unpaired) electrons.